The Kier molecular flexibility index (Phi) is 12.5. The second kappa shape index (κ2) is 15.3. The first-order valence-corrected chi connectivity index (χ1v) is 12.5. The molecule has 2 rings (SSSR count). The van der Waals surface area contributed by atoms with Crippen LogP contribution >= 0.6 is 0 Å². The van der Waals surface area contributed by atoms with Crippen molar-refractivity contribution in [3.8, 4) is 5.75 Å². The molecule has 1 aromatic carbocycles. The van der Waals surface area contributed by atoms with E-state index in [2.05, 4.69) is 12.2 Å². The van der Waals surface area contributed by atoms with E-state index in [0.29, 0.717) is 43.5 Å². The van der Waals surface area contributed by atoms with Gasteiger partial charge in [-0.15, -0.1) is 0 Å². The second-order valence-electron chi connectivity index (χ2n) is 9.15. The van der Waals surface area contributed by atoms with Crippen LogP contribution in [0, 0.1) is 11.8 Å². The molecule has 6 N–H and O–H groups in total. The van der Waals surface area contributed by atoms with Gasteiger partial charge in [-0.25, -0.2) is 4.79 Å². The molecule has 1 fully saturated rings. The van der Waals surface area contributed by atoms with E-state index >= 15 is 0 Å². The van der Waals surface area contributed by atoms with E-state index in [0.717, 1.165) is 19.3 Å². The van der Waals surface area contributed by atoms with Gasteiger partial charge in [-0.1, -0.05) is 50.5 Å². The van der Waals surface area contributed by atoms with Crippen molar-refractivity contribution in [3.63, 3.8) is 0 Å². The molecule has 8 heteroatoms. The number of hydrogen-bond acceptors (Lipinski definition) is 6. The minimum absolute atomic E-state index is 0.0997. The molecule has 35 heavy (non-hydrogen) atoms. The monoisotopic (exact) mass is 488 g/mol. The van der Waals surface area contributed by atoms with Crippen LogP contribution in [0.25, 0.3) is 0 Å². The van der Waals surface area contributed by atoms with Gasteiger partial charge < -0.3 is 31.1 Å². The normalized spacial score (nSPS) is 23.1. The van der Waals surface area contributed by atoms with Gasteiger partial charge in [0, 0.05) is 24.4 Å². The maximum Gasteiger partial charge on any atom is 0.316 e. The molecule has 5 atom stereocenters. The third kappa shape index (κ3) is 10.6. The van der Waals surface area contributed by atoms with Crippen LogP contribution in [0.15, 0.2) is 48.6 Å². The van der Waals surface area contributed by atoms with Crippen molar-refractivity contribution in [1.82, 2.24) is 0 Å². The van der Waals surface area contributed by atoms with Gasteiger partial charge in [0.05, 0.1) is 18.3 Å². The first-order valence-electron chi connectivity index (χ1n) is 12.5. The van der Waals surface area contributed by atoms with Crippen LogP contribution < -0.4 is 15.8 Å². The summed E-state index contributed by atoms with van der Waals surface area (Å²) in [5.41, 5.74) is 5.57. The Hall–Kier alpha value is -2.68. The lowest BCUT2D eigenvalue weighted by molar-refractivity contribution is -0.134. The van der Waals surface area contributed by atoms with Gasteiger partial charge in [0.2, 0.25) is 0 Å². The van der Waals surface area contributed by atoms with Crippen molar-refractivity contribution >= 4 is 17.7 Å². The summed E-state index contributed by atoms with van der Waals surface area (Å²) >= 11 is 0. The summed E-state index contributed by atoms with van der Waals surface area (Å²) in [5, 5.41) is 33.3. The number of carbonyl (C=O) groups is 2. The number of nitrogens with two attached hydrogens (primary N) is 1. The van der Waals surface area contributed by atoms with Crippen molar-refractivity contribution < 1.29 is 29.6 Å². The number of amides is 2. The Morgan fingerprint density at radius 3 is 2.57 bits per heavy atom. The number of aliphatic hydroxyl groups is 3. The van der Waals surface area contributed by atoms with Gasteiger partial charge in [-0.2, -0.15) is 0 Å². The van der Waals surface area contributed by atoms with E-state index in [1.54, 1.807) is 30.3 Å². The van der Waals surface area contributed by atoms with Crippen LogP contribution in [-0.2, 0) is 4.79 Å². The zero-order chi connectivity index (χ0) is 25.6. The SMILES string of the molecule is CCCCC[C@H](O)/C=C/[C@@H]1[C@@H](C/C=C\CCCC(=O)Oc2ccc(NC(N)=O)cc2)[C@@H](O)C[C@H]1O. The summed E-state index contributed by atoms with van der Waals surface area (Å²) in [6, 6.07) is 5.70. The van der Waals surface area contributed by atoms with Crippen molar-refractivity contribution in [2.75, 3.05) is 5.32 Å². The maximum atomic E-state index is 12.0. The highest BCUT2D eigenvalue weighted by Gasteiger charge is 2.39. The number of benzene rings is 1. The molecule has 0 bridgehead atoms. The summed E-state index contributed by atoms with van der Waals surface area (Å²) < 4.78 is 5.28. The fourth-order valence-electron chi connectivity index (χ4n) is 4.33. The summed E-state index contributed by atoms with van der Waals surface area (Å²) in [4.78, 5) is 22.8. The smallest absolute Gasteiger partial charge is 0.316 e. The summed E-state index contributed by atoms with van der Waals surface area (Å²) in [5.74, 6) is -0.234. The Balaban J connectivity index is 1.71. The number of carbonyl (C=O) groups excluding carboxylic acids is 2. The zero-order valence-electron chi connectivity index (χ0n) is 20.5. The average molecular weight is 489 g/mol. The van der Waals surface area contributed by atoms with Gasteiger partial charge in [-0.05, 0) is 55.9 Å². The topological polar surface area (TPSA) is 142 Å². The van der Waals surface area contributed by atoms with Crippen LogP contribution in [-0.4, -0.2) is 45.6 Å². The van der Waals surface area contributed by atoms with E-state index in [9.17, 15) is 24.9 Å². The third-order valence-corrected chi connectivity index (χ3v) is 6.25. The average Bonchev–Trinajstić information content (AvgIpc) is 3.07. The number of rotatable bonds is 14. The van der Waals surface area contributed by atoms with Gasteiger partial charge in [0.25, 0.3) is 0 Å². The van der Waals surface area contributed by atoms with Crippen molar-refractivity contribution in [2.24, 2.45) is 17.6 Å². The number of unbranched alkanes of at least 4 members (excludes halogenated alkanes) is 3. The Morgan fingerprint density at radius 2 is 1.89 bits per heavy atom. The van der Waals surface area contributed by atoms with Crippen molar-refractivity contribution in [2.45, 2.75) is 83.0 Å². The Bertz CT molecular complexity index is 839. The number of hydrogen-bond donors (Lipinski definition) is 5. The number of esters is 1. The highest BCUT2D eigenvalue weighted by molar-refractivity contribution is 5.87. The van der Waals surface area contributed by atoms with Gasteiger partial charge in [0.15, 0.2) is 0 Å². The molecule has 0 aromatic heterocycles. The van der Waals surface area contributed by atoms with Crippen LogP contribution in [0.1, 0.15) is 64.7 Å². The highest BCUT2D eigenvalue weighted by atomic mass is 16.5. The number of aliphatic hydroxyl groups excluding tert-OH is 3. The minimum Gasteiger partial charge on any atom is -0.427 e. The highest BCUT2D eigenvalue weighted by Crippen LogP contribution is 2.36. The molecule has 1 aromatic rings. The standard InChI is InChI=1S/C27H40N2O6/c1-2-3-6-9-20(30)14-17-23-22(24(31)18-25(23)32)10-7-4-5-8-11-26(33)35-21-15-12-19(13-16-21)29-27(28)34/h4,7,12-17,20,22-25,30-32H,2-3,5-6,8-11,18H2,1H3,(H3,28,29,34)/b7-4-,17-14+/t20-,22+,23+,24-,25+/m0/s1. The largest absolute Gasteiger partial charge is 0.427 e. The van der Waals surface area contributed by atoms with Crippen LogP contribution in [0.4, 0.5) is 10.5 Å². The summed E-state index contributed by atoms with van der Waals surface area (Å²) in [7, 11) is 0. The Morgan fingerprint density at radius 1 is 1.14 bits per heavy atom. The first-order chi connectivity index (χ1) is 16.8. The molecule has 8 nitrogen and oxygen atoms in total. The van der Waals surface area contributed by atoms with Gasteiger partial charge in [0.1, 0.15) is 5.75 Å². The number of ether oxygens (including phenoxy) is 1. The maximum absolute atomic E-state index is 12.0. The molecule has 1 aliphatic rings. The summed E-state index contributed by atoms with van der Waals surface area (Å²) in [6.07, 6.45) is 12.3. The molecule has 0 saturated heterocycles. The number of urea groups is 1. The molecule has 1 saturated carbocycles. The predicted molar refractivity (Wildman–Crippen MR) is 136 cm³/mol. The number of anilines is 1. The van der Waals surface area contributed by atoms with Crippen LogP contribution in [0.3, 0.4) is 0 Å². The molecule has 0 unspecified atom stereocenters. The second-order valence-corrected chi connectivity index (χ2v) is 9.15. The quantitative estimate of drug-likeness (QED) is 0.116. The van der Waals surface area contributed by atoms with Crippen molar-refractivity contribution in [1.29, 1.82) is 0 Å². The van der Waals surface area contributed by atoms with Crippen molar-refractivity contribution in [3.05, 3.63) is 48.6 Å². The van der Waals surface area contributed by atoms with Crippen LogP contribution in [0.5, 0.6) is 5.75 Å². The fraction of sp³-hybridized carbons (Fsp3) is 0.556. The van der Waals surface area contributed by atoms with Crippen LogP contribution in [0.2, 0.25) is 0 Å². The molecule has 0 radical (unpaired) electrons. The fourth-order valence-corrected chi connectivity index (χ4v) is 4.33. The zero-order valence-corrected chi connectivity index (χ0v) is 20.5. The van der Waals surface area contributed by atoms with E-state index < -0.39 is 24.3 Å². The lowest BCUT2D eigenvalue weighted by Gasteiger charge is -2.19. The number of nitrogens with one attached hydrogen (secondary N) is 1. The van der Waals surface area contributed by atoms with E-state index in [1.165, 1.54) is 0 Å². The molecule has 1 aliphatic carbocycles. The van der Waals surface area contributed by atoms with E-state index in [4.69, 9.17) is 10.5 Å². The minimum atomic E-state index is -0.662. The molecule has 194 valence electrons. The lowest BCUT2D eigenvalue weighted by Crippen LogP contribution is -2.20. The molecule has 0 spiro atoms. The predicted octanol–water partition coefficient (Wildman–Crippen LogP) is 4.05. The van der Waals surface area contributed by atoms with E-state index in [-0.39, 0.29) is 24.2 Å². The third-order valence-electron chi connectivity index (χ3n) is 6.25. The molecule has 0 aliphatic heterocycles. The Labute approximate surface area is 207 Å². The van der Waals surface area contributed by atoms with Gasteiger partial charge in [-0.3, -0.25) is 4.79 Å². The molecular weight excluding hydrogens is 448 g/mol. The van der Waals surface area contributed by atoms with Gasteiger partial charge >= 0.3 is 12.0 Å². The summed E-state index contributed by atoms with van der Waals surface area (Å²) in [6.45, 7) is 2.12. The number of primary amides is 1. The first kappa shape index (κ1) is 28.6. The number of allylic oxidation sites excluding steroid dienone is 2. The lowest BCUT2D eigenvalue weighted by atomic mass is 9.89. The molecule has 0 heterocycles. The molecule has 2 amide bonds. The molecular formula is C27H40N2O6. The van der Waals surface area contributed by atoms with E-state index in [1.807, 2.05) is 18.2 Å².